The van der Waals surface area contributed by atoms with Crippen LogP contribution in [0.5, 0.6) is 0 Å². The van der Waals surface area contributed by atoms with Crippen LogP contribution >= 0.6 is 0 Å². The van der Waals surface area contributed by atoms with E-state index in [1.165, 1.54) is 6.92 Å². The van der Waals surface area contributed by atoms with Crippen LogP contribution in [-0.2, 0) is 4.79 Å². The van der Waals surface area contributed by atoms with Crippen LogP contribution in [-0.4, -0.2) is 53.5 Å². The molecule has 23 heavy (non-hydrogen) atoms. The number of piperazine rings is 1. The molecule has 0 spiro atoms. The number of hydrogen-bond acceptors (Lipinski definition) is 3. The number of urea groups is 1. The molecule has 0 unspecified atom stereocenters. The molecule has 126 valence electrons. The number of carbonyl (C=O) groups is 2. The van der Waals surface area contributed by atoms with Crippen molar-refractivity contribution in [2.45, 2.75) is 33.2 Å². The average Bonchev–Trinajstić information content (AvgIpc) is 2.46. The Hall–Kier alpha value is -2.08. The average molecular weight is 318 g/mol. The number of rotatable bonds is 2. The van der Waals surface area contributed by atoms with Crippen LogP contribution in [0.3, 0.4) is 0 Å². The predicted octanol–water partition coefficient (Wildman–Crippen LogP) is 2.59. The van der Waals surface area contributed by atoms with Gasteiger partial charge in [-0.1, -0.05) is 6.07 Å². The Bertz CT molecular complexity index is 572. The van der Waals surface area contributed by atoms with Crippen LogP contribution in [0.25, 0.3) is 0 Å². The molecule has 1 aliphatic heterocycles. The summed E-state index contributed by atoms with van der Waals surface area (Å²) in [5.41, 5.74) is 1.49. The van der Waals surface area contributed by atoms with Crippen molar-refractivity contribution in [3.05, 3.63) is 24.3 Å². The molecule has 2 N–H and O–H groups in total. The van der Waals surface area contributed by atoms with Crippen molar-refractivity contribution < 1.29 is 9.59 Å². The van der Waals surface area contributed by atoms with E-state index in [1.807, 2.05) is 11.0 Å². The lowest BCUT2D eigenvalue weighted by Crippen LogP contribution is -2.55. The van der Waals surface area contributed by atoms with Gasteiger partial charge in [-0.25, -0.2) is 4.79 Å². The molecule has 1 aromatic rings. The lowest BCUT2D eigenvalue weighted by molar-refractivity contribution is -0.114. The van der Waals surface area contributed by atoms with Crippen LogP contribution in [0.15, 0.2) is 24.3 Å². The number of nitrogens with one attached hydrogen (secondary N) is 2. The lowest BCUT2D eigenvalue weighted by atomic mass is 10.1. The first-order chi connectivity index (χ1) is 10.8. The van der Waals surface area contributed by atoms with Gasteiger partial charge in [-0.15, -0.1) is 0 Å². The third-order valence-electron chi connectivity index (χ3n) is 3.95. The Balaban J connectivity index is 1.92. The zero-order valence-corrected chi connectivity index (χ0v) is 14.3. The van der Waals surface area contributed by atoms with Gasteiger partial charge in [0, 0.05) is 50.0 Å². The van der Waals surface area contributed by atoms with E-state index in [-0.39, 0.29) is 17.5 Å². The normalized spacial score (nSPS) is 16.1. The quantitative estimate of drug-likeness (QED) is 0.881. The summed E-state index contributed by atoms with van der Waals surface area (Å²) in [5.74, 6) is -0.133. The molecule has 2 rings (SSSR count). The molecule has 1 aromatic carbocycles. The second-order valence-electron chi connectivity index (χ2n) is 6.84. The van der Waals surface area contributed by atoms with Crippen molar-refractivity contribution in [3.63, 3.8) is 0 Å². The minimum Gasteiger partial charge on any atom is -0.326 e. The highest BCUT2D eigenvalue weighted by Gasteiger charge is 2.27. The smallest absolute Gasteiger partial charge is 0.321 e. The van der Waals surface area contributed by atoms with Gasteiger partial charge in [-0.2, -0.15) is 0 Å². The van der Waals surface area contributed by atoms with Gasteiger partial charge in [0.15, 0.2) is 0 Å². The SMILES string of the molecule is CC(=O)Nc1cccc(NC(=O)N2CCN(C(C)(C)C)CC2)c1. The van der Waals surface area contributed by atoms with E-state index in [9.17, 15) is 9.59 Å². The molecule has 1 aliphatic rings. The fourth-order valence-electron chi connectivity index (χ4n) is 2.66. The summed E-state index contributed by atoms with van der Waals surface area (Å²) >= 11 is 0. The van der Waals surface area contributed by atoms with Crippen LogP contribution < -0.4 is 10.6 Å². The summed E-state index contributed by atoms with van der Waals surface area (Å²) < 4.78 is 0. The second-order valence-corrected chi connectivity index (χ2v) is 6.84. The number of nitrogens with zero attached hydrogens (tertiary/aromatic N) is 2. The summed E-state index contributed by atoms with van der Waals surface area (Å²) in [7, 11) is 0. The standard InChI is InChI=1S/C17H26N4O2/c1-13(22)18-14-6-5-7-15(12-14)19-16(23)20-8-10-21(11-9-20)17(2,3)4/h5-7,12H,8-11H2,1-4H3,(H,18,22)(H,19,23). The molecule has 3 amide bonds. The van der Waals surface area contributed by atoms with Crippen LogP contribution in [0, 0.1) is 0 Å². The minimum atomic E-state index is -0.133. The Kier molecular flexibility index (Phi) is 5.26. The van der Waals surface area contributed by atoms with E-state index in [1.54, 1.807) is 18.2 Å². The Morgan fingerprint density at radius 1 is 1.00 bits per heavy atom. The molecule has 0 atom stereocenters. The highest BCUT2D eigenvalue weighted by molar-refractivity contribution is 5.92. The third-order valence-corrected chi connectivity index (χ3v) is 3.95. The molecule has 6 heteroatoms. The van der Waals surface area contributed by atoms with Crippen LogP contribution in [0.4, 0.5) is 16.2 Å². The van der Waals surface area contributed by atoms with Crippen molar-refractivity contribution in [2.75, 3.05) is 36.8 Å². The Morgan fingerprint density at radius 3 is 2.09 bits per heavy atom. The summed E-state index contributed by atoms with van der Waals surface area (Å²) in [5, 5.41) is 5.61. The zero-order chi connectivity index (χ0) is 17.0. The van der Waals surface area contributed by atoms with E-state index in [0.29, 0.717) is 24.5 Å². The van der Waals surface area contributed by atoms with E-state index in [2.05, 4.69) is 36.3 Å². The molecule has 0 saturated carbocycles. The van der Waals surface area contributed by atoms with E-state index in [4.69, 9.17) is 0 Å². The van der Waals surface area contributed by atoms with Gasteiger partial charge in [-0.05, 0) is 39.0 Å². The van der Waals surface area contributed by atoms with Crippen molar-refractivity contribution in [3.8, 4) is 0 Å². The molecule has 0 radical (unpaired) electrons. The monoisotopic (exact) mass is 318 g/mol. The third kappa shape index (κ3) is 4.96. The lowest BCUT2D eigenvalue weighted by Gasteiger charge is -2.42. The second kappa shape index (κ2) is 7.00. The topological polar surface area (TPSA) is 64.7 Å². The van der Waals surface area contributed by atoms with Crippen molar-refractivity contribution in [2.24, 2.45) is 0 Å². The number of benzene rings is 1. The van der Waals surface area contributed by atoms with Gasteiger partial charge in [0.2, 0.25) is 5.91 Å². The molecule has 6 nitrogen and oxygen atoms in total. The number of anilines is 2. The fraction of sp³-hybridized carbons (Fsp3) is 0.529. The van der Waals surface area contributed by atoms with Gasteiger partial charge in [0.25, 0.3) is 0 Å². The van der Waals surface area contributed by atoms with Crippen molar-refractivity contribution in [1.82, 2.24) is 9.80 Å². The number of hydrogen-bond donors (Lipinski definition) is 2. The highest BCUT2D eigenvalue weighted by atomic mass is 16.2. The van der Waals surface area contributed by atoms with Crippen molar-refractivity contribution in [1.29, 1.82) is 0 Å². The summed E-state index contributed by atoms with van der Waals surface area (Å²) in [6, 6.07) is 7.07. The summed E-state index contributed by atoms with van der Waals surface area (Å²) in [6.07, 6.45) is 0. The van der Waals surface area contributed by atoms with Crippen LogP contribution in [0.1, 0.15) is 27.7 Å². The molecule has 1 saturated heterocycles. The fourth-order valence-corrected chi connectivity index (χ4v) is 2.66. The van der Waals surface area contributed by atoms with E-state index < -0.39 is 0 Å². The van der Waals surface area contributed by atoms with E-state index in [0.717, 1.165) is 13.1 Å². The molecular formula is C17H26N4O2. The molecular weight excluding hydrogens is 292 g/mol. The summed E-state index contributed by atoms with van der Waals surface area (Å²) in [4.78, 5) is 27.7. The number of amides is 3. The Morgan fingerprint density at radius 2 is 1.57 bits per heavy atom. The maximum absolute atomic E-state index is 12.4. The highest BCUT2D eigenvalue weighted by Crippen LogP contribution is 2.18. The molecule has 1 heterocycles. The molecule has 0 bridgehead atoms. The zero-order valence-electron chi connectivity index (χ0n) is 14.3. The van der Waals surface area contributed by atoms with Gasteiger partial charge in [0.1, 0.15) is 0 Å². The van der Waals surface area contributed by atoms with Gasteiger partial charge < -0.3 is 15.5 Å². The predicted molar refractivity (Wildman–Crippen MR) is 92.7 cm³/mol. The number of carbonyl (C=O) groups excluding carboxylic acids is 2. The molecule has 0 aliphatic carbocycles. The van der Waals surface area contributed by atoms with Gasteiger partial charge in [0.05, 0.1) is 0 Å². The Labute approximate surface area is 137 Å². The first-order valence-electron chi connectivity index (χ1n) is 7.94. The maximum atomic E-state index is 12.4. The maximum Gasteiger partial charge on any atom is 0.321 e. The first kappa shape index (κ1) is 17.3. The molecule has 1 fully saturated rings. The van der Waals surface area contributed by atoms with Crippen molar-refractivity contribution >= 4 is 23.3 Å². The van der Waals surface area contributed by atoms with E-state index >= 15 is 0 Å². The minimum absolute atomic E-state index is 0.0986. The first-order valence-corrected chi connectivity index (χ1v) is 7.94. The van der Waals surface area contributed by atoms with Gasteiger partial charge >= 0.3 is 6.03 Å². The summed E-state index contributed by atoms with van der Waals surface area (Å²) in [6.45, 7) is 11.2. The molecule has 0 aromatic heterocycles. The van der Waals surface area contributed by atoms with Crippen LogP contribution in [0.2, 0.25) is 0 Å². The largest absolute Gasteiger partial charge is 0.326 e. The van der Waals surface area contributed by atoms with Gasteiger partial charge in [-0.3, -0.25) is 9.69 Å².